The molecule has 1 aliphatic heterocycles. The van der Waals surface area contributed by atoms with Gasteiger partial charge < -0.3 is 19.6 Å². The number of hydrogen-bond donors (Lipinski definition) is 2. The Bertz CT molecular complexity index is 794. The first-order chi connectivity index (χ1) is 11.7. The molecule has 4 rings (SSSR count). The smallest absolute Gasteiger partial charge is 0.254 e. The number of aromatic nitrogens is 3. The molecule has 0 bridgehead atoms. The Morgan fingerprint density at radius 1 is 1.38 bits per heavy atom. The second-order valence-corrected chi connectivity index (χ2v) is 6.50. The van der Waals surface area contributed by atoms with Crippen LogP contribution in [0.15, 0.2) is 29.3 Å². The lowest BCUT2D eigenvalue weighted by Gasteiger charge is -2.23. The first kappa shape index (κ1) is 15.1. The van der Waals surface area contributed by atoms with Gasteiger partial charge in [-0.25, -0.2) is 4.98 Å². The Kier molecular flexibility index (Phi) is 3.72. The number of methoxy groups -OCH3 is 1. The number of aromatic amines is 2. The van der Waals surface area contributed by atoms with E-state index in [2.05, 4.69) is 15.0 Å². The van der Waals surface area contributed by atoms with E-state index in [1.54, 1.807) is 24.4 Å². The molecule has 3 heterocycles. The highest BCUT2D eigenvalue weighted by Gasteiger charge is 2.38. The van der Waals surface area contributed by atoms with Crippen molar-refractivity contribution in [1.29, 1.82) is 0 Å². The minimum atomic E-state index is -0.222. The molecule has 1 saturated carbocycles. The fraction of sp³-hybridized carbons (Fsp3) is 0.471. The van der Waals surface area contributed by atoms with E-state index in [1.165, 1.54) is 6.07 Å². The average molecular weight is 328 g/mol. The van der Waals surface area contributed by atoms with Crippen molar-refractivity contribution < 1.29 is 9.53 Å². The van der Waals surface area contributed by atoms with Gasteiger partial charge >= 0.3 is 0 Å². The quantitative estimate of drug-likeness (QED) is 0.891. The van der Waals surface area contributed by atoms with Crippen molar-refractivity contribution in [3.63, 3.8) is 0 Å². The van der Waals surface area contributed by atoms with Crippen LogP contribution < -0.4 is 5.56 Å². The van der Waals surface area contributed by atoms with Crippen LogP contribution in [0.2, 0.25) is 0 Å². The number of nitrogens with one attached hydrogen (secondary N) is 2. The predicted octanol–water partition coefficient (Wildman–Crippen LogP) is 1.58. The van der Waals surface area contributed by atoms with Crippen LogP contribution in [0.1, 0.15) is 53.1 Å². The summed E-state index contributed by atoms with van der Waals surface area (Å²) in [6, 6.07) is 3.04. The van der Waals surface area contributed by atoms with Crippen molar-refractivity contribution in [2.45, 2.75) is 37.3 Å². The molecular weight excluding hydrogens is 308 g/mol. The van der Waals surface area contributed by atoms with Crippen LogP contribution in [-0.2, 0) is 4.74 Å². The summed E-state index contributed by atoms with van der Waals surface area (Å²) >= 11 is 0. The Morgan fingerprint density at radius 2 is 2.21 bits per heavy atom. The van der Waals surface area contributed by atoms with Gasteiger partial charge in [0.1, 0.15) is 5.82 Å². The Morgan fingerprint density at radius 3 is 2.88 bits per heavy atom. The normalized spacial score (nSPS) is 23.6. The highest BCUT2D eigenvalue weighted by atomic mass is 16.5. The Balaban J connectivity index is 1.66. The molecule has 2 atom stereocenters. The highest BCUT2D eigenvalue weighted by Crippen LogP contribution is 2.39. The van der Waals surface area contributed by atoms with E-state index in [0.717, 1.165) is 24.4 Å². The van der Waals surface area contributed by atoms with Crippen LogP contribution >= 0.6 is 0 Å². The third kappa shape index (κ3) is 2.75. The van der Waals surface area contributed by atoms with Gasteiger partial charge in [0, 0.05) is 49.8 Å². The lowest BCUT2D eigenvalue weighted by atomic mass is 10.1. The number of hydrogen-bond acceptors (Lipinski definition) is 4. The van der Waals surface area contributed by atoms with Crippen LogP contribution in [0, 0.1) is 0 Å². The van der Waals surface area contributed by atoms with Gasteiger partial charge in [0.15, 0.2) is 0 Å². The summed E-state index contributed by atoms with van der Waals surface area (Å²) in [6.07, 6.45) is 6.21. The Labute approximate surface area is 139 Å². The van der Waals surface area contributed by atoms with Gasteiger partial charge in [0.25, 0.3) is 5.91 Å². The van der Waals surface area contributed by atoms with E-state index in [9.17, 15) is 9.59 Å². The zero-order chi connectivity index (χ0) is 16.7. The highest BCUT2D eigenvalue weighted by molar-refractivity contribution is 5.94. The van der Waals surface area contributed by atoms with E-state index in [-0.39, 0.29) is 23.6 Å². The maximum atomic E-state index is 13.0. The van der Waals surface area contributed by atoms with Crippen LogP contribution in [0.4, 0.5) is 0 Å². The van der Waals surface area contributed by atoms with Gasteiger partial charge in [-0.3, -0.25) is 9.59 Å². The van der Waals surface area contributed by atoms with Crippen molar-refractivity contribution in [2.24, 2.45) is 0 Å². The van der Waals surface area contributed by atoms with E-state index in [4.69, 9.17) is 4.74 Å². The number of amides is 1. The van der Waals surface area contributed by atoms with Gasteiger partial charge in [-0.05, 0) is 24.8 Å². The first-order valence-corrected chi connectivity index (χ1v) is 8.23. The van der Waals surface area contributed by atoms with Gasteiger partial charge in [-0.15, -0.1) is 0 Å². The number of pyridine rings is 1. The third-order valence-electron chi connectivity index (χ3n) is 4.82. The second-order valence-electron chi connectivity index (χ2n) is 6.50. The van der Waals surface area contributed by atoms with Crippen LogP contribution in [0.5, 0.6) is 0 Å². The molecular formula is C17H20N4O3. The van der Waals surface area contributed by atoms with Gasteiger partial charge in [-0.2, -0.15) is 0 Å². The minimum Gasteiger partial charge on any atom is -0.380 e. The SMILES string of the molecule is CO[C@@H]1CC(c2ncc[nH]2)N(C(=O)c2cc(C3CC3)[nH]c(=O)c2)C1. The zero-order valence-corrected chi connectivity index (χ0v) is 13.5. The van der Waals surface area contributed by atoms with Crippen molar-refractivity contribution in [3.05, 3.63) is 52.0 Å². The summed E-state index contributed by atoms with van der Waals surface area (Å²) in [5.41, 5.74) is 1.08. The molecule has 1 aliphatic carbocycles. The molecule has 2 aliphatic rings. The summed E-state index contributed by atoms with van der Waals surface area (Å²) < 4.78 is 5.45. The molecule has 0 aromatic carbocycles. The number of H-pyrrole nitrogens is 2. The van der Waals surface area contributed by atoms with Gasteiger partial charge in [0.2, 0.25) is 5.56 Å². The molecule has 1 amide bonds. The fourth-order valence-corrected chi connectivity index (χ4v) is 3.38. The summed E-state index contributed by atoms with van der Waals surface area (Å²) in [5, 5.41) is 0. The molecule has 1 unspecified atom stereocenters. The Hall–Kier alpha value is -2.41. The number of likely N-dealkylation sites (tertiary alicyclic amines) is 1. The second kappa shape index (κ2) is 5.90. The molecule has 7 heteroatoms. The van der Waals surface area contributed by atoms with Crippen molar-refractivity contribution in [2.75, 3.05) is 13.7 Å². The molecule has 0 radical (unpaired) electrons. The molecule has 2 fully saturated rings. The third-order valence-corrected chi connectivity index (χ3v) is 4.82. The minimum absolute atomic E-state index is 0.0334. The molecule has 24 heavy (non-hydrogen) atoms. The first-order valence-electron chi connectivity index (χ1n) is 8.23. The maximum absolute atomic E-state index is 13.0. The molecule has 2 aromatic heterocycles. The van der Waals surface area contributed by atoms with Gasteiger partial charge in [-0.1, -0.05) is 0 Å². The largest absolute Gasteiger partial charge is 0.380 e. The number of ether oxygens (including phenoxy) is 1. The summed E-state index contributed by atoms with van der Waals surface area (Å²) in [6.45, 7) is 0.492. The summed E-state index contributed by atoms with van der Waals surface area (Å²) in [5.74, 6) is 0.982. The van der Waals surface area contributed by atoms with E-state index < -0.39 is 0 Å². The van der Waals surface area contributed by atoms with Crippen molar-refractivity contribution in [3.8, 4) is 0 Å². The molecule has 1 saturated heterocycles. The predicted molar refractivity (Wildman–Crippen MR) is 86.8 cm³/mol. The number of carbonyl (C=O) groups excluding carboxylic acids is 1. The standard InChI is InChI=1S/C17H20N4O3/c1-24-12-8-14(16-18-4-5-19-16)21(9-12)17(23)11-6-13(10-2-3-10)20-15(22)7-11/h4-7,10,12,14H,2-3,8-9H2,1H3,(H,18,19)(H,20,22)/t12-,14?/m1/s1. The number of nitrogens with zero attached hydrogens (tertiary/aromatic N) is 2. The fourth-order valence-electron chi connectivity index (χ4n) is 3.38. The lowest BCUT2D eigenvalue weighted by Crippen LogP contribution is -2.33. The molecule has 126 valence electrons. The van der Waals surface area contributed by atoms with E-state index in [1.807, 2.05) is 6.07 Å². The number of rotatable bonds is 4. The number of imidazole rings is 1. The molecule has 7 nitrogen and oxygen atoms in total. The van der Waals surface area contributed by atoms with Crippen molar-refractivity contribution >= 4 is 5.91 Å². The number of carbonyl (C=O) groups is 1. The van der Waals surface area contributed by atoms with E-state index in [0.29, 0.717) is 24.4 Å². The van der Waals surface area contributed by atoms with E-state index >= 15 is 0 Å². The van der Waals surface area contributed by atoms with Gasteiger partial charge in [0.05, 0.1) is 12.1 Å². The van der Waals surface area contributed by atoms with Crippen LogP contribution in [-0.4, -0.2) is 45.5 Å². The monoisotopic (exact) mass is 328 g/mol. The lowest BCUT2D eigenvalue weighted by molar-refractivity contribution is 0.0684. The molecule has 0 spiro atoms. The van der Waals surface area contributed by atoms with Crippen LogP contribution in [0.3, 0.4) is 0 Å². The maximum Gasteiger partial charge on any atom is 0.254 e. The van der Waals surface area contributed by atoms with Crippen LogP contribution in [0.25, 0.3) is 0 Å². The molecule has 2 N–H and O–H groups in total. The zero-order valence-electron chi connectivity index (χ0n) is 13.5. The topological polar surface area (TPSA) is 91.1 Å². The summed E-state index contributed by atoms with van der Waals surface area (Å²) in [7, 11) is 1.65. The average Bonchev–Trinajstić information content (AvgIpc) is 3.12. The molecule has 2 aromatic rings. The summed E-state index contributed by atoms with van der Waals surface area (Å²) in [4.78, 5) is 36.9. The van der Waals surface area contributed by atoms with Crippen molar-refractivity contribution in [1.82, 2.24) is 19.9 Å².